The molecule has 2 rings (SSSR count). The highest BCUT2D eigenvalue weighted by Gasteiger charge is 2.29. The van der Waals surface area contributed by atoms with Gasteiger partial charge in [-0.25, -0.2) is 4.39 Å². The van der Waals surface area contributed by atoms with E-state index in [0.717, 1.165) is 6.07 Å². The zero-order valence-electron chi connectivity index (χ0n) is 14.3. The molecule has 3 atom stereocenters. The minimum atomic E-state index is -1.03. The number of carbonyl (C=O) groups is 2. The van der Waals surface area contributed by atoms with Crippen molar-refractivity contribution in [3.05, 3.63) is 64.9 Å². The van der Waals surface area contributed by atoms with Crippen LogP contribution in [0.3, 0.4) is 0 Å². The number of carboxylic acids is 1. The fourth-order valence-corrected chi connectivity index (χ4v) is 2.60. The van der Waals surface area contributed by atoms with Crippen LogP contribution in [0.15, 0.2) is 48.5 Å². The van der Waals surface area contributed by atoms with Gasteiger partial charge in [0, 0.05) is 0 Å². The van der Waals surface area contributed by atoms with Crippen molar-refractivity contribution in [3.8, 4) is 5.75 Å². The Balaban J connectivity index is 2.14. The van der Waals surface area contributed by atoms with Gasteiger partial charge in [0.15, 0.2) is 6.10 Å². The highest BCUT2D eigenvalue weighted by atomic mass is 35.5. The number of hydrogen-bond donors (Lipinski definition) is 2. The van der Waals surface area contributed by atoms with E-state index in [1.807, 2.05) is 0 Å². The smallest absolute Gasteiger partial charge is 0.308 e. The van der Waals surface area contributed by atoms with Crippen LogP contribution in [0, 0.1) is 11.7 Å². The zero-order valence-corrected chi connectivity index (χ0v) is 15.0. The molecular weight excluding hydrogens is 361 g/mol. The van der Waals surface area contributed by atoms with Gasteiger partial charge in [-0.2, -0.15) is 0 Å². The summed E-state index contributed by atoms with van der Waals surface area (Å²) in [6.45, 7) is 3.02. The van der Waals surface area contributed by atoms with Crippen LogP contribution >= 0.6 is 11.6 Å². The number of aliphatic carboxylic acids is 1. The SMILES string of the molecule is CC(Oc1ccc(F)cc1Cl)C(=O)NC(c1ccccc1)C(C)C(=O)O. The molecule has 7 heteroatoms. The number of ether oxygens (including phenoxy) is 1. The molecule has 0 aliphatic carbocycles. The van der Waals surface area contributed by atoms with E-state index in [9.17, 15) is 19.1 Å². The van der Waals surface area contributed by atoms with Gasteiger partial charge in [-0.15, -0.1) is 0 Å². The summed E-state index contributed by atoms with van der Waals surface area (Å²) in [5, 5.41) is 12.1. The van der Waals surface area contributed by atoms with Crippen molar-refractivity contribution in [3.63, 3.8) is 0 Å². The first-order chi connectivity index (χ1) is 12.3. The minimum Gasteiger partial charge on any atom is -0.481 e. The van der Waals surface area contributed by atoms with Crippen LogP contribution in [0.25, 0.3) is 0 Å². The highest BCUT2D eigenvalue weighted by molar-refractivity contribution is 6.32. The predicted octanol–water partition coefficient (Wildman–Crippen LogP) is 3.82. The number of nitrogens with one attached hydrogen (secondary N) is 1. The van der Waals surface area contributed by atoms with Gasteiger partial charge in [0.2, 0.25) is 0 Å². The monoisotopic (exact) mass is 379 g/mol. The molecule has 0 aliphatic heterocycles. The van der Waals surface area contributed by atoms with Gasteiger partial charge in [0.25, 0.3) is 5.91 Å². The molecule has 2 N–H and O–H groups in total. The van der Waals surface area contributed by atoms with Crippen molar-refractivity contribution >= 4 is 23.5 Å². The lowest BCUT2D eigenvalue weighted by Gasteiger charge is -2.25. The Morgan fingerprint density at radius 3 is 2.38 bits per heavy atom. The van der Waals surface area contributed by atoms with E-state index >= 15 is 0 Å². The average molecular weight is 380 g/mol. The summed E-state index contributed by atoms with van der Waals surface area (Å²) in [6, 6.07) is 11.7. The van der Waals surface area contributed by atoms with E-state index in [-0.39, 0.29) is 10.8 Å². The number of halogens is 2. The van der Waals surface area contributed by atoms with Crippen LogP contribution < -0.4 is 10.1 Å². The summed E-state index contributed by atoms with van der Waals surface area (Å²) in [5.74, 6) is -2.73. The van der Waals surface area contributed by atoms with Crippen molar-refractivity contribution in [2.45, 2.75) is 26.0 Å². The van der Waals surface area contributed by atoms with E-state index in [1.54, 1.807) is 30.3 Å². The van der Waals surface area contributed by atoms with Gasteiger partial charge in [-0.05, 0) is 37.6 Å². The van der Waals surface area contributed by atoms with E-state index in [1.165, 1.54) is 26.0 Å². The summed E-state index contributed by atoms with van der Waals surface area (Å²) < 4.78 is 18.6. The lowest BCUT2D eigenvalue weighted by Crippen LogP contribution is -2.42. The first-order valence-corrected chi connectivity index (χ1v) is 8.37. The molecule has 0 fully saturated rings. The molecule has 0 bridgehead atoms. The third-order valence-electron chi connectivity index (χ3n) is 3.91. The Bertz CT molecular complexity index is 784. The summed E-state index contributed by atoms with van der Waals surface area (Å²) in [4.78, 5) is 23.9. The van der Waals surface area contributed by atoms with E-state index in [0.29, 0.717) is 5.56 Å². The van der Waals surface area contributed by atoms with Crippen molar-refractivity contribution < 1.29 is 23.8 Å². The fraction of sp³-hybridized carbons (Fsp3) is 0.263. The van der Waals surface area contributed by atoms with Crippen molar-refractivity contribution in [2.24, 2.45) is 5.92 Å². The number of hydrogen-bond acceptors (Lipinski definition) is 3. The molecule has 0 spiro atoms. The van der Waals surface area contributed by atoms with Gasteiger partial charge in [-0.3, -0.25) is 9.59 Å². The number of carboxylic acid groups (broad SMARTS) is 1. The molecular formula is C19H19ClFNO4. The Hall–Kier alpha value is -2.60. The molecule has 0 aromatic heterocycles. The normalized spacial score (nSPS) is 14.2. The molecule has 2 aromatic carbocycles. The Morgan fingerprint density at radius 2 is 1.81 bits per heavy atom. The number of benzene rings is 2. The number of carbonyl (C=O) groups excluding carboxylic acids is 1. The molecule has 138 valence electrons. The first-order valence-electron chi connectivity index (χ1n) is 7.99. The molecule has 2 aromatic rings. The molecule has 0 heterocycles. The van der Waals surface area contributed by atoms with Crippen LogP contribution in [-0.2, 0) is 9.59 Å². The molecule has 0 saturated carbocycles. The topological polar surface area (TPSA) is 75.6 Å². The van der Waals surface area contributed by atoms with Crippen LogP contribution in [0.1, 0.15) is 25.5 Å². The van der Waals surface area contributed by atoms with Crippen LogP contribution in [0.5, 0.6) is 5.75 Å². The standard InChI is InChI=1S/C19H19ClFNO4/c1-11(19(24)25)17(13-6-4-3-5-7-13)22-18(23)12(2)26-16-9-8-14(21)10-15(16)20/h3-12,17H,1-2H3,(H,22,23)(H,24,25). The third-order valence-corrected chi connectivity index (χ3v) is 4.21. The second kappa shape index (κ2) is 8.67. The maximum Gasteiger partial charge on any atom is 0.308 e. The first kappa shape index (κ1) is 19.7. The van der Waals surface area contributed by atoms with Gasteiger partial charge >= 0.3 is 5.97 Å². The Labute approximate surface area is 155 Å². The molecule has 26 heavy (non-hydrogen) atoms. The fourth-order valence-electron chi connectivity index (χ4n) is 2.39. The summed E-state index contributed by atoms with van der Waals surface area (Å²) >= 11 is 5.90. The Morgan fingerprint density at radius 1 is 1.15 bits per heavy atom. The maximum absolute atomic E-state index is 13.1. The second-order valence-electron chi connectivity index (χ2n) is 5.86. The van der Waals surface area contributed by atoms with E-state index in [4.69, 9.17) is 16.3 Å². The lowest BCUT2D eigenvalue weighted by atomic mass is 9.94. The lowest BCUT2D eigenvalue weighted by molar-refractivity contribution is -0.142. The summed E-state index contributed by atoms with van der Waals surface area (Å²) in [7, 11) is 0. The van der Waals surface area contributed by atoms with E-state index < -0.39 is 35.8 Å². The Kier molecular flexibility index (Phi) is 6.58. The maximum atomic E-state index is 13.1. The highest BCUT2D eigenvalue weighted by Crippen LogP contribution is 2.27. The number of rotatable bonds is 7. The van der Waals surface area contributed by atoms with Crippen molar-refractivity contribution in [1.82, 2.24) is 5.32 Å². The van der Waals surface area contributed by atoms with Crippen molar-refractivity contribution in [2.75, 3.05) is 0 Å². The molecule has 0 radical (unpaired) electrons. The van der Waals surface area contributed by atoms with Gasteiger partial charge in [0.1, 0.15) is 11.6 Å². The number of amides is 1. The van der Waals surface area contributed by atoms with Gasteiger partial charge < -0.3 is 15.2 Å². The predicted molar refractivity (Wildman–Crippen MR) is 95.6 cm³/mol. The second-order valence-corrected chi connectivity index (χ2v) is 6.27. The average Bonchev–Trinajstić information content (AvgIpc) is 2.61. The molecule has 5 nitrogen and oxygen atoms in total. The molecule has 3 unspecified atom stereocenters. The quantitative estimate of drug-likeness (QED) is 0.766. The minimum absolute atomic E-state index is 0.0446. The van der Waals surface area contributed by atoms with Crippen LogP contribution in [0.2, 0.25) is 5.02 Å². The molecule has 0 aliphatic rings. The van der Waals surface area contributed by atoms with Crippen molar-refractivity contribution in [1.29, 1.82) is 0 Å². The van der Waals surface area contributed by atoms with E-state index in [2.05, 4.69) is 5.32 Å². The molecule has 1 amide bonds. The zero-order chi connectivity index (χ0) is 19.3. The van der Waals surface area contributed by atoms with Crippen LogP contribution in [-0.4, -0.2) is 23.1 Å². The summed E-state index contributed by atoms with van der Waals surface area (Å²) in [5.41, 5.74) is 0.669. The van der Waals surface area contributed by atoms with Crippen LogP contribution in [0.4, 0.5) is 4.39 Å². The molecule has 0 saturated heterocycles. The van der Waals surface area contributed by atoms with Gasteiger partial charge in [-0.1, -0.05) is 41.9 Å². The summed E-state index contributed by atoms with van der Waals surface area (Å²) in [6.07, 6.45) is -0.954. The largest absolute Gasteiger partial charge is 0.481 e. The van der Waals surface area contributed by atoms with Gasteiger partial charge in [0.05, 0.1) is 17.0 Å². The third kappa shape index (κ3) is 4.95.